The van der Waals surface area contributed by atoms with Crippen molar-refractivity contribution in [3.63, 3.8) is 0 Å². The predicted octanol–water partition coefficient (Wildman–Crippen LogP) is 2.17. The molecule has 2 heterocycles. The number of hydrogen-bond acceptors (Lipinski definition) is 4. The van der Waals surface area contributed by atoms with Gasteiger partial charge in [-0.2, -0.15) is 0 Å². The summed E-state index contributed by atoms with van der Waals surface area (Å²) in [6.07, 6.45) is 7.29. The molecule has 1 aliphatic heterocycles. The van der Waals surface area contributed by atoms with E-state index in [2.05, 4.69) is 15.2 Å². The monoisotopic (exact) mass is 277 g/mol. The van der Waals surface area contributed by atoms with Crippen LogP contribution in [0.15, 0.2) is 18.3 Å². The Kier molecular flexibility index (Phi) is 5.80. The van der Waals surface area contributed by atoms with Gasteiger partial charge in [0.15, 0.2) is 0 Å². The van der Waals surface area contributed by atoms with Crippen LogP contribution in [0.25, 0.3) is 0 Å². The molecule has 1 aromatic heterocycles. The SMILES string of the molecule is O=C(CCCCO)Nc1ccc(N2CCCCC2)nc1. The summed E-state index contributed by atoms with van der Waals surface area (Å²) >= 11 is 0. The van der Waals surface area contributed by atoms with Gasteiger partial charge >= 0.3 is 0 Å². The van der Waals surface area contributed by atoms with Gasteiger partial charge in [0, 0.05) is 26.1 Å². The third kappa shape index (κ3) is 4.49. The molecule has 1 amide bonds. The molecule has 0 radical (unpaired) electrons. The smallest absolute Gasteiger partial charge is 0.224 e. The largest absolute Gasteiger partial charge is 0.396 e. The molecular weight excluding hydrogens is 254 g/mol. The van der Waals surface area contributed by atoms with Crippen LogP contribution in [0.3, 0.4) is 0 Å². The van der Waals surface area contributed by atoms with E-state index in [-0.39, 0.29) is 12.5 Å². The number of nitrogens with zero attached hydrogens (tertiary/aromatic N) is 2. The molecule has 1 aliphatic rings. The van der Waals surface area contributed by atoms with Crippen LogP contribution in [-0.2, 0) is 4.79 Å². The molecule has 0 atom stereocenters. The summed E-state index contributed by atoms with van der Waals surface area (Å²) in [5.74, 6) is 0.967. The van der Waals surface area contributed by atoms with E-state index in [1.165, 1.54) is 19.3 Å². The van der Waals surface area contributed by atoms with Gasteiger partial charge in [-0.15, -0.1) is 0 Å². The Morgan fingerprint density at radius 2 is 2.05 bits per heavy atom. The van der Waals surface area contributed by atoms with Gasteiger partial charge in [-0.3, -0.25) is 4.79 Å². The van der Waals surface area contributed by atoms with Gasteiger partial charge in [-0.05, 0) is 44.2 Å². The number of pyridine rings is 1. The highest BCUT2D eigenvalue weighted by Crippen LogP contribution is 2.19. The zero-order valence-electron chi connectivity index (χ0n) is 11.8. The fourth-order valence-electron chi connectivity index (χ4n) is 2.39. The normalized spacial score (nSPS) is 15.2. The van der Waals surface area contributed by atoms with Crippen molar-refractivity contribution in [2.24, 2.45) is 0 Å². The van der Waals surface area contributed by atoms with Gasteiger partial charge < -0.3 is 15.3 Å². The van der Waals surface area contributed by atoms with Crippen molar-refractivity contribution in [2.45, 2.75) is 38.5 Å². The number of aliphatic hydroxyl groups excluding tert-OH is 1. The first-order valence-corrected chi connectivity index (χ1v) is 7.41. The third-order valence-corrected chi connectivity index (χ3v) is 3.52. The Labute approximate surface area is 120 Å². The molecule has 5 heteroatoms. The molecule has 110 valence electrons. The van der Waals surface area contributed by atoms with Crippen molar-refractivity contribution in [1.82, 2.24) is 4.98 Å². The van der Waals surface area contributed by atoms with Crippen molar-refractivity contribution < 1.29 is 9.90 Å². The number of carbonyl (C=O) groups excluding carboxylic acids is 1. The summed E-state index contributed by atoms with van der Waals surface area (Å²) in [5, 5.41) is 11.5. The van der Waals surface area contributed by atoms with Crippen molar-refractivity contribution in [3.05, 3.63) is 18.3 Å². The molecular formula is C15H23N3O2. The Morgan fingerprint density at radius 1 is 1.25 bits per heavy atom. The van der Waals surface area contributed by atoms with Crippen LogP contribution in [0.2, 0.25) is 0 Å². The van der Waals surface area contributed by atoms with Crippen molar-refractivity contribution in [2.75, 3.05) is 29.9 Å². The minimum Gasteiger partial charge on any atom is -0.396 e. The summed E-state index contributed by atoms with van der Waals surface area (Å²) in [5.41, 5.74) is 0.736. The minimum absolute atomic E-state index is 0.0222. The molecule has 0 unspecified atom stereocenters. The number of piperidine rings is 1. The van der Waals surface area contributed by atoms with Crippen LogP contribution in [-0.4, -0.2) is 35.7 Å². The fraction of sp³-hybridized carbons (Fsp3) is 0.600. The van der Waals surface area contributed by atoms with Crippen molar-refractivity contribution >= 4 is 17.4 Å². The molecule has 1 saturated heterocycles. The first-order valence-electron chi connectivity index (χ1n) is 7.41. The molecule has 0 aromatic carbocycles. The Hall–Kier alpha value is -1.62. The van der Waals surface area contributed by atoms with E-state index in [1.54, 1.807) is 6.20 Å². The molecule has 20 heavy (non-hydrogen) atoms. The second-order valence-electron chi connectivity index (χ2n) is 5.18. The number of nitrogens with one attached hydrogen (secondary N) is 1. The van der Waals surface area contributed by atoms with Gasteiger partial charge in [-0.25, -0.2) is 4.98 Å². The highest BCUT2D eigenvalue weighted by molar-refractivity contribution is 5.90. The second kappa shape index (κ2) is 7.85. The Balaban J connectivity index is 1.83. The van der Waals surface area contributed by atoms with Gasteiger partial charge in [0.1, 0.15) is 5.82 Å². The lowest BCUT2D eigenvalue weighted by Gasteiger charge is -2.27. The van der Waals surface area contributed by atoms with Gasteiger partial charge in [0.2, 0.25) is 5.91 Å². The first kappa shape index (κ1) is 14.8. The molecule has 0 saturated carbocycles. The standard InChI is InChI=1S/C15H23N3O2/c19-11-5-2-6-15(20)17-13-7-8-14(16-12-13)18-9-3-1-4-10-18/h7-8,12,19H,1-6,9-11H2,(H,17,20). The zero-order valence-corrected chi connectivity index (χ0v) is 11.8. The molecule has 1 fully saturated rings. The van der Waals surface area contributed by atoms with E-state index in [4.69, 9.17) is 5.11 Å². The van der Waals surface area contributed by atoms with Crippen LogP contribution < -0.4 is 10.2 Å². The lowest BCUT2D eigenvalue weighted by Crippen LogP contribution is -2.30. The van der Waals surface area contributed by atoms with E-state index in [9.17, 15) is 4.79 Å². The number of aromatic nitrogens is 1. The number of amides is 1. The lowest BCUT2D eigenvalue weighted by molar-refractivity contribution is -0.116. The van der Waals surface area contributed by atoms with E-state index in [0.717, 1.165) is 24.6 Å². The lowest BCUT2D eigenvalue weighted by atomic mass is 10.1. The van der Waals surface area contributed by atoms with Crippen molar-refractivity contribution in [3.8, 4) is 0 Å². The molecule has 0 bridgehead atoms. The van der Waals surface area contributed by atoms with Crippen LogP contribution >= 0.6 is 0 Å². The molecule has 5 nitrogen and oxygen atoms in total. The molecule has 1 aromatic rings. The molecule has 2 rings (SSSR count). The van der Waals surface area contributed by atoms with E-state index in [1.807, 2.05) is 12.1 Å². The predicted molar refractivity (Wildman–Crippen MR) is 79.9 cm³/mol. The van der Waals surface area contributed by atoms with Crippen LogP contribution in [0.4, 0.5) is 11.5 Å². The average molecular weight is 277 g/mol. The topological polar surface area (TPSA) is 65.5 Å². The fourth-order valence-corrected chi connectivity index (χ4v) is 2.39. The highest BCUT2D eigenvalue weighted by atomic mass is 16.3. The minimum atomic E-state index is -0.0222. The summed E-state index contributed by atoms with van der Waals surface area (Å²) < 4.78 is 0. The van der Waals surface area contributed by atoms with E-state index in [0.29, 0.717) is 19.3 Å². The van der Waals surface area contributed by atoms with Crippen molar-refractivity contribution in [1.29, 1.82) is 0 Å². The van der Waals surface area contributed by atoms with Gasteiger partial charge in [-0.1, -0.05) is 0 Å². The molecule has 0 spiro atoms. The number of carbonyl (C=O) groups is 1. The summed E-state index contributed by atoms with van der Waals surface area (Å²) in [7, 11) is 0. The maximum Gasteiger partial charge on any atom is 0.224 e. The number of unbranched alkanes of at least 4 members (excludes halogenated alkanes) is 1. The van der Waals surface area contributed by atoms with Crippen LogP contribution in [0, 0.1) is 0 Å². The number of anilines is 2. The zero-order chi connectivity index (χ0) is 14.2. The first-order chi connectivity index (χ1) is 9.79. The number of hydrogen-bond donors (Lipinski definition) is 2. The number of rotatable bonds is 6. The van der Waals surface area contributed by atoms with E-state index >= 15 is 0 Å². The third-order valence-electron chi connectivity index (χ3n) is 3.52. The van der Waals surface area contributed by atoms with Gasteiger partial charge in [0.25, 0.3) is 0 Å². The summed E-state index contributed by atoms with van der Waals surface area (Å²) in [4.78, 5) is 18.4. The van der Waals surface area contributed by atoms with Crippen LogP contribution in [0.5, 0.6) is 0 Å². The average Bonchev–Trinajstić information content (AvgIpc) is 2.49. The Bertz CT molecular complexity index is 414. The van der Waals surface area contributed by atoms with E-state index < -0.39 is 0 Å². The Morgan fingerprint density at radius 3 is 2.70 bits per heavy atom. The molecule has 2 N–H and O–H groups in total. The highest BCUT2D eigenvalue weighted by Gasteiger charge is 2.11. The van der Waals surface area contributed by atoms with Crippen LogP contribution in [0.1, 0.15) is 38.5 Å². The van der Waals surface area contributed by atoms with Gasteiger partial charge in [0.05, 0.1) is 11.9 Å². The second-order valence-corrected chi connectivity index (χ2v) is 5.18. The number of aliphatic hydroxyl groups is 1. The maximum atomic E-state index is 11.6. The molecule has 0 aliphatic carbocycles. The summed E-state index contributed by atoms with van der Waals surface area (Å²) in [6.45, 7) is 2.28. The maximum absolute atomic E-state index is 11.6. The summed E-state index contributed by atoms with van der Waals surface area (Å²) in [6, 6.07) is 3.87. The quantitative estimate of drug-likeness (QED) is 0.782.